The molecular formula is C20H19FN2O2. The van der Waals surface area contributed by atoms with Crippen LogP contribution in [0.4, 0.5) is 4.39 Å². The van der Waals surface area contributed by atoms with E-state index in [1.54, 1.807) is 6.07 Å². The number of rotatable bonds is 6. The van der Waals surface area contributed by atoms with Crippen LogP contribution in [0.3, 0.4) is 0 Å². The van der Waals surface area contributed by atoms with Crippen LogP contribution in [0.5, 0.6) is 0 Å². The summed E-state index contributed by atoms with van der Waals surface area (Å²) in [5.74, 6) is -1.14. The van der Waals surface area contributed by atoms with Gasteiger partial charge in [-0.15, -0.1) is 0 Å². The van der Waals surface area contributed by atoms with Crippen LogP contribution in [-0.4, -0.2) is 16.7 Å². The number of benzene rings is 2. The Morgan fingerprint density at radius 1 is 1.08 bits per heavy atom. The van der Waals surface area contributed by atoms with Crippen molar-refractivity contribution in [1.29, 1.82) is 0 Å². The van der Waals surface area contributed by atoms with E-state index in [1.807, 2.05) is 31.2 Å². The highest BCUT2D eigenvalue weighted by atomic mass is 19.1. The molecule has 0 aliphatic rings. The van der Waals surface area contributed by atoms with E-state index in [-0.39, 0.29) is 30.1 Å². The van der Waals surface area contributed by atoms with Gasteiger partial charge in [0.15, 0.2) is 5.78 Å². The summed E-state index contributed by atoms with van der Waals surface area (Å²) in [4.78, 5) is 27.2. The fraction of sp³-hybridized carbons (Fsp3) is 0.200. The second-order valence-corrected chi connectivity index (χ2v) is 6.05. The van der Waals surface area contributed by atoms with Crippen LogP contribution in [0.2, 0.25) is 0 Å². The van der Waals surface area contributed by atoms with Crippen LogP contribution in [0, 0.1) is 12.7 Å². The van der Waals surface area contributed by atoms with Gasteiger partial charge in [-0.2, -0.15) is 0 Å². The highest BCUT2D eigenvalue weighted by molar-refractivity contribution is 5.98. The maximum atomic E-state index is 13.5. The molecule has 2 N–H and O–H groups in total. The molecule has 0 aliphatic heterocycles. The fourth-order valence-corrected chi connectivity index (χ4v) is 2.78. The second kappa shape index (κ2) is 7.30. The topological polar surface area (TPSA) is 62.0 Å². The Bertz CT molecular complexity index is 930. The third-order valence-corrected chi connectivity index (χ3v) is 4.06. The van der Waals surface area contributed by atoms with E-state index in [1.165, 1.54) is 18.2 Å². The highest BCUT2D eigenvalue weighted by Gasteiger charge is 2.12. The Hall–Kier alpha value is -2.95. The molecule has 4 nitrogen and oxygen atoms in total. The van der Waals surface area contributed by atoms with Crippen molar-refractivity contribution in [2.45, 2.75) is 26.3 Å². The summed E-state index contributed by atoms with van der Waals surface area (Å²) in [6, 6.07) is 13.8. The van der Waals surface area contributed by atoms with Crippen molar-refractivity contribution >= 4 is 22.6 Å². The van der Waals surface area contributed by atoms with E-state index in [9.17, 15) is 14.0 Å². The second-order valence-electron chi connectivity index (χ2n) is 6.05. The Balaban J connectivity index is 1.52. The zero-order chi connectivity index (χ0) is 17.8. The van der Waals surface area contributed by atoms with Crippen LogP contribution < -0.4 is 5.32 Å². The number of H-pyrrole nitrogens is 1. The van der Waals surface area contributed by atoms with E-state index in [0.717, 1.165) is 22.2 Å². The number of aryl methyl sites for hydroxylation is 1. The number of halogens is 1. The van der Waals surface area contributed by atoms with E-state index in [0.29, 0.717) is 6.54 Å². The van der Waals surface area contributed by atoms with Gasteiger partial charge in [-0.05, 0) is 48.2 Å². The van der Waals surface area contributed by atoms with Gasteiger partial charge in [0.25, 0.3) is 0 Å². The predicted octanol–water partition coefficient (Wildman–Crippen LogP) is 3.89. The van der Waals surface area contributed by atoms with Gasteiger partial charge in [0.1, 0.15) is 5.82 Å². The Labute approximate surface area is 145 Å². The zero-order valence-electron chi connectivity index (χ0n) is 13.9. The number of amides is 1. The van der Waals surface area contributed by atoms with Crippen molar-refractivity contribution in [3.05, 3.63) is 71.2 Å². The molecule has 1 heterocycles. The lowest BCUT2D eigenvalue weighted by Gasteiger charge is -2.06. The lowest BCUT2D eigenvalue weighted by Crippen LogP contribution is -2.23. The van der Waals surface area contributed by atoms with Crippen molar-refractivity contribution in [1.82, 2.24) is 10.3 Å². The standard InChI is InChI=1S/C20H19FN2O2/c1-13-10-15-11-14(6-7-18(15)23-13)12-22-20(25)9-8-19(24)16-4-2-3-5-17(16)21/h2-7,10-11,23H,8-9,12H2,1H3,(H,22,25). The predicted molar refractivity (Wildman–Crippen MR) is 94.8 cm³/mol. The lowest BCUT2D eigenvalue weighted by atomic mass is 10.1. The quantitative estimate of drug-likeness (QED) is 0.670. The number of aromatic amines is 1. The lowest BCUT2D eigenvalue weighted by molar-refractivity contribution is -0.121. The van der Waals surface area contributed by atoms with Gasteiger partial charge in [0.05, 0.1) is 5.56 Å². The molecule has 3 aromatic rings. The maximum absolute atomic E-state index is 13.5. The van der Waals surface area contributed by atoms with Crippen LogP contribution in [0.1, 0.15) is 34.5 Å². The SMILES string of the molecule is Cc1cc2cc(CNC(=O)CCC(=O)c3ccccc3F)ccc2[nH]1. The van der Waals surface area contributed by atoms with E-state index < -0.39 is 5.82 Å². The first-order valence-electron chi connectivity index (χ1n) is 8.15. The Morgan fingerprint density at radius 2 is 1.88 bits per heavy atom. The average Bonchev–Trinajstić information content (AvgIpc) is 2.97. The van der Waals surface area contributed by atoms with Gasteiger partial charge in [-0.1, -0.05) is 18.2 Å². The first kappa shape index (κ1) is 16.9. The monoisotopic (exact) mass is 338 g/mol. The maximum Gasteiger partial charge on any atom is 0.220 e. The largest absolute Gasteiger partial charge is 0.359 e. The van der Waals surface area contributed by atoms with Crippen molar-refractivity contribution in [3.63, 3.8) is 0 Å². The number of fused-ring (bicyclic) bond motifs is 1. The van der Waals surface area contributed by atoms with Gasteiger partial charge in [-0.3, -0.25) is 9.59 Å². The first-order valence-corrected chi connectivity index (χ1v) is 8.15. The van der Waals surface area contributed by atoms with Gasteiger partial charge in [-0.25, -0.2) is 4.39 Å². The summed E-state index contributed by atoms with van der Waals surface area (Å²) in [6.45, 7) is 2.39. The number of Topliss-reactive ketones (excluding diaryl/α,β-unsaturated/α-hetero) is 1. The normalized spacial score (nSPS) is 10.8. The summed E-state index contributed by atoms with van der Waals surface area (Å²) in [7, 11) is 0. The molecule has 0 aliphatic carbocycles. The van der Waals surface area contributed by atoms with E-state index in [4.69, 9.17) is 0 Å². The fourth-order valence-electron chi connectivity index (χ4n) is 2.78. The summed E-state index contributed by atoms with van der Waals surface area (Å²) < 4.78 is 13.5. The van der Waals surface area contributed by atoms with Gasteiger partial charge in [0, 0.05) is 30.6 Å². The summed E-state index contributed by atoms with van der Waals surface area (Å²) in [6.07, 6.45) is 0.0292. The molecule has 1 amide bonds. The van der Waals surface area contributed by atoms with Gasteiger partial charge >= 0.3 is 0 Å². The third-order valence-electron chi connectivity index (χ3n) is 4.06. The van der Waals surface area contributed by atoms with Crippen molar-refractivity contribution in [3.8, 4) is 0 Å². The summed E-state index contributed by atoms with van der Waals surface area (Å²) >= 11 is 0. The van der Waals surface area contributed by atoms with Gasteiger partial charge in [0.2, 0.25) is 5.91 Å². The molecule has 0 atom stereocenters. The molecule has 0 radical (unpaired) electrons. The smallest absolute Gasteiger partial charge is 0.220 e. The third kappa shape index (κ3) is 4.12. The minimum Gasteiger partial charge on any atom is -0.359 e. The summed E-state index contributed by atoms with van der Waals surface area (Å²) in [5.41, 5.74) is 3.16. The molecule has 128 valence electrons. The van der Waals surface area contributed by atoms with E-state index in [2.05, 4.69) is 10.3 Å². The number of carbonyl (C=O) groups is 2. The average molecular weight is 338 g/mol. The number of ketones is 1. The molecule has 3 rings (SSSR count). The molecule has 0 fully saturated rings. The molecular weight excluding hydrogens is 319 g/mol. The molecule has 25 heavy (non-hydrogen) atoms. The molecule has 0 saturated carbocycles. The number of carbonyl (C=O) groups excluding carboxylic acids is 2. The minimum absolute atomic E-state index is 0.0111. The molecule has 0 bridgehead atoms. The van der Waals surface area contributed by atoms with Crippen LogP contribution >= 0.6 is 0 Å². The number of hydrogen-bond donors (Lipinski definition) is 2. The van der Waals surface area contributed by atoms with Crippen molar-refractivity contribution in [2.75, 3.05) is 0 Å². The van der Waals surface area contributed by atoms with Crippen LogP contribution in [0.15, 0.2) is 48.5 Å². The van der Waals surface area contributed by atoms with Crippen LogP contribution in [0.25, 0.3) is 10.9 Å². The van der Waals surface area contributed by atoms with Crippen molar-refractivity contribution in [2.24, 2.45) is 0 Å². The number of hydrogen-bond acceptors (Lipinski definition) is 2. The van der Waals surface area contributed by atoms with Crippen molar-refractivity contribution < 1.29 is 14.0 Å². The molecule has 2 aromatic carbocycles. The molecule has 0 spiro atoms. The van der Waals surface area contributed by atoms with E-state index >= 15 is 0 Å². The first-order chi connectivity index (χ1) is 12.0. The summed E-state index contributed by atoms with van der Waals surface area (Å²) in [5, 5.41) is 3.89. The molecule has 5 heteroatoms. The molecule has 1 aromatic heterocycles. The molecule has 0 saturated heterocycles. The number of nitrogens with one attached hydrogen (secondary N) is 2. The Morgan fingerprint density at radius 3 is 2.68 bits per heavy atom. The number of aromatic nitrogens is 1. The minimum atomic E-state index is -0.553. The molecule has 0 unspecified atom stereocenters. The zero-order valence-corrected chi connectivity index (χ0v) is 13.9. The highest BCUT2D eigenvalue weighted by Crippen LogP contribution is 2.17. The van der Waals surface area contributed by atoms with Gasteiger partial charge < -0.3 is 10.3 Å². The van der Waals surface area contributed by atoms with Crippen LogP contribution in [-0.2, 0) is 11.3 Å². The Kier molecular flexibility index (Phi) is 4.93.